The maximum Gasteiger partial charge on any atom is 0.352 e. The van der Waals surface area contributed by atoms with Gasteiger partial charge in [0.2, 0.25) is 0 Å². The predicted molar refractivity (Wildman–Crippen MR) is 74.1 cm³/mol. The topological polar surface area (TPSA) is 42.2 Å². The van der Waals surface area contributed by atoms with E-state index in [9.17, 15) is 9.90 Å². The van der Waals surface area contributed by atoms with Crippen LogP contribution in [0.5, 0.6) is 0 Å². The lowest BCUT2D eigenvalue weighted by molar-refractivity contribution is 0.0684. The predicted octanol–water partition coefficient (Wildman–Crippen LogP) is 3.87. The average molecular weight is 308 g/mol. The van der Waals surface area contributed by atoms with Crippen molar-refractivity contribution in [1.82, 2.24) is 4.57 Å². The molecular weight excluding hydrogens is 294 g/mol. The van der Waals surface area contributed by atoms with Crippen LogP contribution < -0.4 is 0 Å². The van der Waals surface area contributed by atoms with E-state index < -0.39 is 5.97 Å². The van der Waals surface area contributed by atoms with E-state index >= 15 is 0 Å². The van der Waals surface area contributed by atoms with Gasteiger partial charge in [-0.3, -0.25) is 0 Å². The first-order valence-corrected chi connectivity index (χ1v) is 6.45. The Morgan fingerprint density at radius 2 is 1.94 bits per heavy atom. The fourth-order valence-corrected chi connectivity index (χ4v) is 2.38. The molecule has 18 heavy (non-hydrogen) atoms. The van der Waals surface area contributed by atoms with E-state index in [0.717, 1.165) is 10.0 Å². The molecule has 1 aromatic carbocycles. The number of hydrogen-bond acceptors (Lipinski definition) is 1. The quantitative estimate of drug-likeness (QED) is 0.935. The molecule has 0 amide bonds. The Morgan fingerprint density at radius 1 is 1.33 bits per heavy atom. The van der Waals surface area contributed by atoms with Crippen LogP contribution in [0.25, 0.3) is 0 Å². The van der Waals surface area contributed by atoms with E-state index in [0.29, 0.717) is 0 Å². The molecule has 0 aliphatic rings. The number of aromatic nitrogens is 1. The van der Waals surface area contributed by atoms with Crippen LogP contribution >= 0.6 is 15.9 Å². The second kappa shape index (κ2) is 4.98. The molecule has 2 aromatic rings. The number of nitrogens with zero attached hydrogens (tertiary/aromatic N) is 1. The molecular formula is C14H14BrNO2. The Hall–Kier alpha value is -1.55. The molecule has 2 rings (SSSR count). The van der Waals surface area contributed by atoms with E-state index in [1.54, 1.807) is 16.8 Å². The summed E-state index contributed by atoms with van der Waals surface area (Å²) in [6, 6.07) is 9.73. The Balaban J connectivity index is 2.42. The minimum absolute atomic E-state index is 0.0111. The summed E-state index contributed by atoms with van der Waals surface area (Å²) in [5.74, 6) is -0.917. The van der Waals surface area contributed by atoms with E-state index in [1.807, 2.05) is 38.1 Å². The summed E-state index contributed by atoms with van der Waals surface area (Å²) in [5, 5.41) is 9.18. The second-order valence-electron chi connectivity index (χ2n) is 4.34. The summed E-state index contributed by atoms with van der Waals surface area (Å²) in [7, 11) is 0. The summed E-state index contributed by atoms with van der Waals surface area (Å²) in [4.78, 5) is 11.2. The van der Waals surface area contributed by atoms with Gasteiger partial charge in [0, 0.05) is 10.7 Å². The SMILES string of the molecule is Cc1ccc(C(C)n2cc(Br)cc2C(=O)O)cc1. The first-order chi connectivity index (χ1) is 8.49. The van der Waals surface area contributed by atoms with Crippen molar-refractivity contribution >= 4 is 21.9 Å². The molecule has 3 nitrogen and oxygen atoms in total. The highest BCUT2D eigenvalue weighted by Gasteiger charge is 2.17. The van der Waals surface area contributed by atoms with E-state index in [4.69, 9.17) is 0 Å². The zero-order chi connectivity index (χ0) is 13.3. The fraction of sp³-hybridized carbons (Fsp3) is 0.214. The van der Waals surface area contributed by atoms with Gasteiger partial charge in [-0.2, -0.15) is 0 Å². The number of benzene rings is 1. The van der Waals surface area contributed by atoms with Crippen molar-refractivity contribution < 1.29 is 9.90 Å². The van der Waals surface area contributed by atoms with Crippen molar-refractivity contribution in [1.29, 1.82) is 0 Å². The van der Waals surface area contributed by atoms with Gasteiger partial charge in [0.25, 0.3) is 0 Å². The first-order valence-electron chi connectivity index (χ1n) is 5.66. The largest absolute Gasteiger partial charge is 0.477 e. The molecule has 1 N–H and O–H groups in total. The second-order valence-corrected chi connectivity index (χ2v) is 5.26. The van der Waals surface area contributed by atoms with Crippen molar-refractivity contribution in [3.63, 3.8) is 0 Å². The van der Waals surface area contributed by atoms with Gasteiger partial charge in [0.05, 0.1) is 6.04 Å². The zero-order valence-corrected chi connectivity index (χ0v) is 11.8. The van der Waals surface area contributed by atoms with E-state index in [-0.39, 0.29) is 11.7 Å². The van der Waals surface area contributed by atoms with Crippen molar-refractivity contribution in [2.45, 2.75) is 19.9 Å². The monoisotopic (exact) mass is 307 g/mol. The van der Waals surface area contributed by atoms with Crippen LogP contribution in [0.1, 0.15) is 34.6 Å². The van der Waals surface area contributed by atoms with Gasteiger partial charge in [-0.1, -0.05) is 29.8 Å². The third-order valence-electron chi connectivity index (χ3n) is 3.01. The van der Waals surface area contributed by atoms with Crippen molar-refractivity contribution in [2.24, 2.45) is 0 Å². The summed E-state index contributed by atoms with van der Waals surface area (Å²) in [6.45, 7) is 4.02. The van der Waals surface area contributed by atoms with Crippen LogP contribution in [0.3, 0.4) is 0 Å². The van der Waals surface area contributed by atoms with Gasteiger partial charge in [0.15, 0.2) is 0 Å². The zero-order valence-electron chi connectivity index (χ0n) is 10.2. The Bertz CT molecular complexity index is 572. The number of aromatic carboxylic acids is 1. The molecule has 0 aliphatic carbocycles. The molecule has 0 saturated carbocycles. The molecule has 4 heteroatoms. The van der Waals surface area contributed by atoms with Crippen LogP contribution in [-0.2, 0) is 0 Å². The lowest BCUT2D eigenvalue weighted by Crippen LogP contribution is -2.12. The minimum Gasteiger partial charge on any atom is -0.477 e. The maximum atomic E-state index is 11.2. The number of halogens is 1. The number of carbonyl (C=O) groups is 1. The van der Waals surface area contributed by atoms with Crippen molar-refractivity contribution in [3.8, 4) is 0 Å². The smallest absolute Gasteiger partial charge is 0.352 e. The lowest BCUT2D eigenvalue weighted by atomic mass is 10.1. The Kier molecular flexibility index (Phi) is 3.57. The lowest BCUT2D eigenvalue weighted by Gasteiger charge is -2.16. The van der Waals surface area contributed by atoms with Crippen LogP contribution in [0.4, 0.5) is 0 Å². The van der Waals surface area contributed by atoms with Gasteiger partial charge in [-0.25, -0.2) is 4.79 Å². The van der Waals surface area contributed by atoms with Gasteiger partial charge in [-0.05, 0) is 41.4 Å². The fourth-order valence-electron chi connectivity index (χ4n) is 1.94. The minimum atomic E-state index is -0.917. The average Bonchev–Trinajstić information content (AvgIpc) is 2.71. The maximum absolute atomic E-state index is 11.2. The normalized spacial score (nSPS) is 12.4. The van der Waals surface area contributed by atoms with E-state index in [1.165, 1.54) is 5.56 Å². The third-order valence-corrected chi connectivity index (χ3v) is 3.44. The Morgan fingerprint density at radius 3 is 2.50 bits per heavy atom. The molecule has 0 radical (unpaired) electrons. The van der Waals surface area contributed by atoms with E-state index in [2.05, 4.69) is 15.9 Å². The number of carboxylic acids is 1. The molecule has 0 spiro atoms. The van der Waals surface area contributed by atoms with Crippen LogP contribution in [0, 0.1) is 6.92 Å². The number of carboxylic acid groups (broad SMARTS) is 1. The first kappa shape index (κ1) is 12.9. The third kappa shape index (κ3) is 2.48. The molecule has 0 saturated heterocycles. The van der Waals surface area contributed by atoms with Crippen molar-refractivity contribution in [2.75, 3.05) is 0 Å². The molecule has 94 valence electrons. The molecule has 1 heterocycles. The van der Waals surface area contributed by atoms with Gasteiger partial charge < -0.3 is 9.67 Å². The number of rotatable bonds is 3. The van der Waals surface area contributed by atoms with Crippen LogP contribution in [0.15, 0.2) is 41.0 Å². The molecule has 0 bridgehead atoms. The molecule has 0 aliphatic heterocycles. The summed E-state index contributed by atoms with van der Waals surface area (Å²) in [6.07, 6.45) is 1.80. The van der Waals surface area contributed by atoms with Gasteiger partial charge >= 0.3 is 5.97 Å². The molecule has 0 fully saturated rings. The summed E-state index contributed by atoms with van der Waals surface area (Å²) >= 11 is 3.32. The van der Waals surface area contributed by atoms with Crippen molar-refractivity contribution in [3.05, 3.63) is 57.8 Å². The highest BCUT2D eigenvalue weighted by molar-refractivity contribution is 9.10. The standard InChI is InChI=1S/C14H14BrNO2/c1-9-3-5-11(6-4-9)10(2)16-8-12(15)7-13(16)14(17)18/h3-8,10H,1-2H3,(H,17,18). The van der Waals surface area contributed by atoms with Crippen LogP contribution in [-0.4, -0.2) is 15.6 Å². The Labute approximate surface area is 114 Å². The highest BCUT2D eigenvalue weighted by atomic mass is 79.9. The highest BCUT2D eigenvalue weighted by Crippen LogP contribution is 2.24. The number of aryl methyl sites for hydroxylation is 1. The van der Waals surface area contributed by atoms with Crippen LogP contribution in [0.2, 0.25) is 0 Å². The van der Waals surface area contributed by atoms with Gasteiger partial charge in [0.1, 0.15) is 5.69 Å². The molecule has 1 atom stereocenters. The molecule has 1 unspecified atom stereocenters. The molecule has 1 aromatic heterocycles. The number of hydrogen-bond donors (Lipinski definition) is 1. The van der Waals surface area contributed by atoms with Gasteiger partial charge in [-0.15, -0.1) is 0 Å². The summed E-state index contributed by atoms with van der Waals surface area (Å²) < 4.78 is 2.54. The summed E-state index contributed by atoms with van der Waals surface area (Å²) in [5.41, 5.74) is 2.57.